The van der Waals surface area contributed by atoms with E-state index < -0.39 is 65.2 Å². The summed E-state index contributed by atoms with van der Waals surface area (Å²) in [6.45, 7) is 12.5. The summed E-state index contributed by atoms with van der Waals surface area (Å²) in [5.74, 6) is -3.26. The van der Waals surface area contributed by atoms with E-state index >= 15 is 0 Å². The summed E-state index contributed by atoms with van der Waals surface area (Å²) in [6.07, 6.45) is 5.26. The molecule has 0 aromatic heterocycles. The van der Waals surface area contributed by atoms with Gasteiger partial charge in [0.1, 0.15) is 46.9 Å². The van der Waals surface area contributed by atoms with Gasteiger partial charge in [0.15, 0.2) is 0 Å². The first-order chi connectivity index (χ1) is 38.4. The maximum absolute atomic E-state index is 14.1. The third-order valence-corrected chi connectivity index (χ3v) is 15.3. The number of nitrogens with zero attached hydrogens (tertiary/aromatic N) is 2. The van der Waals surface area contributed by atoms with Gasteiger partial charge in [-0.2, -0.15) is 0 Å². The quantitative estimate of drug-likeness (QED) is 0.111. The molecule has 21 heteroatoms. The van der Waals surface area contributed by atoms with E-state index in [1.807, 2.05) is 65.8 Å². The zero-order chi connectivity index (χ0) is 59.0. The van der Waals surface area contributed by atoms with Gasteiger partial charge in [0, 0.05) is 45.6 Å². The molecule has 3 aliphatic heterocycles. The highest BCUT2D eigenvalue weighted by molar-refractivity contribution is 5.93. The lowest BCUT2D eigenvalue weighted by Gasteiger charge is -2.36. The van der Waals surface area contributed by atoms with Crippen LogP contribution in [0.5, 0.6) is 11.5 Å². The van der Waals surface area contributed by atoms with Gasteiger partial charge in [0.2, 0.25) is 23.6 Å². The third-order valence-electron chi connectivity index (χ3n) is 15.3. The molecule has 0 spiro atoms. The molecule has 2 aromatic carbocycles. The van der Waals surface area contributed by atoms with Crippen molar-refractivity contribution in [3.05, 3.63) is 59.7 Å². The maximum atomic E-state index is 14.1. The summed E-state index contributed by atoms with van der Waals surface area (Å²) in [4.78, 5) is 108. The number of benzene rings is 2. The number of phenolic OH excluding ortho intramolecular Hbond substituents is 1. The molecule has 21 nitrogen and oxygen atoms in total. The van der Waals surface area contributed by atoms with Gasteiger partial charge in [-0.05, 0) is 147 Å². The largest absolute Gasteiger partial charge is 0.508 e. The normalized spacial score (nSPS) is 25.9. The Morgan fingerprint density at radius 1 is 0.765 bits per heavy atom. The second kappa shape index (κ2) is 29.6. The molecule has 2 saturated heterocycles. The summed E-state index contributed by atoms with van der Waals surface area (Å²) in [5, 5.41) is 24.8. The maximum Gasteiger partial charge on any atom is 0.328 e. The number of ether oxygens (including phenoxy) is 7. The van der Waals surface area contributed by atoms with E-state index in [2.05, 4.69) is 10.6 Å². The monoisotopic (exact) mass is 1130 g/mol. The average Bonchev–Trinajstić information content (AvgIpc) is 4.20. The van der Waals surface area contributed by atoms with Crippen LogP contribution in [-0.4, -0.2) is 169 Å². The van der Waals surface area contributed by atoms with Crippen LogP contribution in [0.1, 0.15) is 130 Å². The lowest BCUT2D eigenvalue weighted by molar-refractivity contribution is -0.162. The van der Waals surface area contributed by atoms with Gasteiger partial charge in [-0.3, -0.25) is 28.8 Å². The number of nitrogens with one attached hydrogen (secondary N) is 2. The van der Waals surface area contributed by atoms with E-state index in [0.29, 0.717) is 95.2 Å². The molecule has 4 amide bonds. The molecule has 2 aliphatic carbocycles. The molecule has 448 valence electrons. The Kier molecular flexibility index (Phi) is 23.3. The van der Waals surface area contributed by atoms with Crippen LogP contribution in [0.2, 0.25) is 0 Å². The summed E-state index contributed by atoms with van der Waals surface area (Å²) >= 11 is 0. The number of phenols is 1. The standard InChI is InChI=1S/C30H44N2O9.C30H42N2O8/c1-30(2,3)41-28(37)21-11-9-20(10-12-21)26(31-25(35)16-19-7-5-8-22(34)15-19)27(36)32-18-23(40-14-6-13-33)17-24(32)29(38)39-4;1-30(2,3)40-28(35)21-11-9-20(10-12-21)26-27(34)32-18-23(17-24(32)29(36)37-4)39-14-6-13-38-22-8-5-7-19(15-22)16-25(33)31-26/h5,7-8,15,20-21,23-24,26,33-34H,6,9-14,16-18H2,1-4H3,(H,31,35);5,7-8,15,20-21,23-24,26H,6,9-14,16-18H2,1-4H3,(H,31,33)/t2*20?,21?,23-,24+,26?/m11/s1. The van der Waals surface area contributed by atoms with Gasteiger partial charge in [-0.25, -0.2) is 9.59 Å². The zero-order valence-corrected chi connectivity index (χ0v) is 48.4. The van der Waals surface area contributed by atoms with Crippen molar-refractivity contribution in [1.29, 1.82) is 0 Å². The second-order valence-electron chi connectivity index (χ2n) is 23.8. The Labute approximate surface area is 475 Å². The predicted molar refractivity (Wildman–Crippen MR) is 294 cm³/mol. The van der Waals surface area contributed by atoms with Crippen LogP contribution in [0.3, 0.4) is 0 Å². The van der Waals surface area contributed by atoms with Crippen LogP contribution in [-0.2, 0) is 79.6 Å². The minimum Gasteiger partial charge on any atom is -0.508 e. The molecule has 2 aromatic rings. The van der Waals surface area contributed by atoms with E-state index in [0.717, 1.165) is 5.56 Å². The van der Waals surface area contributed by atoms with Gasteiger partial charge >= 0.3 is 23.9 Å². The SMILES string of the molecule is COC(=O)[C@@H]1C[C@@H](OCCCO)CN1C(=O)C(NC(=O)Cc1cccc(O)c1)C1CCC(C(=O)OC(C)(C)C)CC1.COC(=O)[C@@H]1C[C@@H]2CN1C(=O)C(C1CCC(C(=O)OC(C)(C)C)CC1)NC(=O)Cc1cccc(c1)OCCCO2. The third kappa shape index (κ3) is 19.1. The Hall–Kier alpha value is -6.32. The molecule has 2 unspecified atom stereocenters. The molecule has 4 fully saturated rings. The number of esters is 4. The number of hydrogen-bond acceptors (Lipinski definition) is 17. The van der Waals surface area contributed by atoms with E-state index in [9.17, 15) is 43.5 Å². The Balaban J connectivity index is 0.000000261. The molecule has 7 rings (SSSR count). The smallest absolute Gasteiger partial charge is 0.328 e. The number of carbonyl (C=O) groups excluding carboxylic acids is 8. The minimum atomic E-state index is -0.928. The Bertz CT molecular complexity index is 2480. The van der Waals surface area contributed by atoms with Crippen LogP contribution in [0.4, 0.5) is 0 Å². The van der Waals surface area contributed by atoms with E-state index in [-0.39, 0.29) is 105 Å². The number of likely N-dealkylation sites (tertiary alicyclic amines) is 1. The number of aromatic hydroxyl groups is 1. The molecule has 5 aliphatic rings. The summed E-state index contributed by atoms with van der Waals surface area (Å²) < 4.78 is 38.8. The van der Waals surface area contributed by atoms with Crippen molar-refractivity contribution in [3.8, 4) is 11.5 Å². The van der Waals surface area contributed by atoms with E-state index in [4.69, 9.17) is 38.3 Å². The highest BCUT2D eigenvalue weighted by Crippen LogP contribution is 2.37. The van der Waals surface area contributed by atoms with E-state index in [1.54, 1.807) is 12.1 Å². The number of aliphatic hydroxyl groups is 1. The number of hydrogen-bond donors (Lipinski definition) is 4. The molecule has 3 heterocycles. The predicted octanol–water partition coefficient (Wildman–Crippen LogP) is 4.91. The molecular formula is C60H86N4O17. The van der Waals surface area contributed by atoms with Crippen molar-refractivity contribution in [1.82, 2.24) is 20.4 Å². The molecule has 4 N–H and O–H groups in total. The number of fused-ring (bicyclic) bond motifs is 4. The van der Waals surface area contributed by atoms with Crippen LogP contribution < -0.4 is 15.4 Å². The fraction of sp³-hybridized carbons (Fsp3) is 0.667. The fourth-order valence-electron chi connectivity index (χ4n) is 11.4. The highest BCUT2D eigenvalue weighted by atomic mass is 16.6. The fourth-order valence-corrected chi connectivity index (χ4v) is 11.4. The number of carbonyl (C=O) groups is 8. The molecule has 4 bridgehead atoms. The highest BCUT2D eigenvalue weighted by Gasteiger charge is 2.48. The number of aliphatic hydroxyl groups excluding tert-OH is 1. The van der Waals surface area contributed by atoms with Crippen molar-refractivity contribution in [2.75, 3.05) is 53.7 Å². The zero-order valence-electron chi connectivity index (χ0n) is 48.4. The van der Waals surface area contributed by atoms with E-state index in [1.165, 1.54) is 36.2 Å². The average molecular weight is 1140 g/mol. The van der Waals surface area contributed by atoms with Crippen LogP contribution in [0.15, 0.2) is 48.5 Å². The van der Waals surface area contributed by atoms with Crippen molar-refractivity contribution in [3.63, 3.8) is 0 Å². The van der Waals surface area contributed by atoms with Crippen LogP contribution >= 0.6 is 0 Å². The Morgan fingerprint density at radius 2 is 1.40 bits per heavy atom. The first-order valence-corrected chi connectivity index (χ1v) is 28.6. The van der Waals surface area contributed by atoms with Crippen LogP contribution in [0.25, 0.3) is 0 Å². The lowest BCUT2D eigenvalue weighted by Crippen LogP contribution is -2.55. The topological polar surface area (TPSA) is 272 Å². The summed E-state index contributed by atoms with van der Waals surface area (Å²) in [5.41, 5.74) is 0.196. The number of rotatable bonds is 14. The molecular weight excluding hydrogens is 1050 g/mol. The summed E-state index contributed by atoms with van der Waals surface area (Å²) in [6, 6.07) is 10.3. The first-order valence-electron chi connectivity index (χ1n) is 28.6. The van der Waals surface area contributed by atoms with Crippen LogP contribution in [0, 0.1) is 23.7 Å². The number of amides is 4. The van der Waals surface area contributed by atoms with Gasteiger partial charge in [-0.15, -0.1) is 0 Å². The first kappa shape index (κ1) is 63.9. The molecule has 2 saturated carbocycles. The molecule has 0 radical (unpaired) electrons. The van der Waals surface area contributed by atoms with Gasteiger partial charge in [0.05, 0.1) is 64.3 Å². The van der Waals surface area contributed by atoms with Crippen molar-refractivity contribution in [2.24, 2.45) is 23.7 Å². The Morgan fingerprint density at radius 3 is 2.01 bits per heavy atom. The second-order valence-corrected chi connectivity index (χ2v) is 23.8. The number of methoxy groups -OCH3 is 2. The van der Waals surface area contributed by atoms with Crippen molar-refractivity contribution < 1.29 is 81.7 Å². The molecule has 81 heavy (non-hydrogen) atoms. The molecule has 6 atom stereocenters. The van der Waals surface area contributed by atoms with Crippen molar-refractivity contribution in [2.45, 2.75) is 179 Å². The van der Waals surface area contributed by atoms with Gasteiger partial charge < -0.3 is 63.8 Å². The van der Waals surface area contributed by atoms with Gasteiger partial charge in [0.25, 0.3) is 0 Å². The minimum absolute atomic E-state index is 0.0327. The lowest BCUT2D eigenvalue weighted by atomic mass is 9.78. The summed E-state index contributed by atoms with van der Waals surface area (Å²) in [7, 11) is 2.56. The van der Waals surface area contributed by atoms with Gasteiger partial charge in [-0.1, -0.05) is 24.3 Å². The van der Waals surface area contributed by atoms with Crippen molar-refractivity contribution >= 4 is 47.5 Å².